The highest BCUT2D eigenvalue weighted by atomic mass is 16.5. The number of hydrogen-bond donors (Lipinski definition) is 2. The summed E-state index contributed by atoms with van der Waals surface area (Å²) in [5.41, 5.74) is 0. The highest BCUT2D eigenvalue weighted by Crippen LogP contribution is 1.64. The van der Waals surface area contributed by atoms with Crippen molar-refractivity contribution in [3.63, 3.8) is 0 Å². The van der Waals surface area contributed by atoms with Crippen molar-refractivity contribution >= 4 is 0 Å². The lowest BCUT2D eigenvalue weighted by molar-refractivity contribution is 0.162. The van der Waals surface area contributed by atoms with Gasteiger partial charge in [-0.15, -0.1) is 0 Å². The van der Waals surface area contributed by atoms with E-state index in [1.807, 2.05) is 13.8 Å². The molecule has 0 aromatic rings. The Hall–Kier alpha value is -0.120. The van der Waals surface area contributed by atoms with Gasteiger partial charge >= 0.3 is 0 Å². The minimum Gasteiger partial charge on any atom is -0.382 e. The van der Waals surface area contributed by atoms with Crippen LogP contribution in [0.15, 0.2) is 0 Å². The lowest BCUT2D eigenvalue weighted by atomic mass is 10.8. The molecule has 0 spiro atoms. The second kappa shape index (κ2) is 16.9. The molecule has 0 aliphatic carbocycles. The summed E-state index contributed by atoms with van der Waals surface area (Å²) in [5.74, 6) is 0. The molecule has 0 heterocycles. The van der Waals surface area contributed by atoms with Crippen LogP contribution in [0.4, 0.5) is 0 Å². The Balaban J connectivity index is -0.0000000800. The van der Waals surface area contributed by atoms with E-state index in [4.69, 9.17) is 4.74 Å². The van der Waals surface area contributed by atoms with Gasteiger partial charge < -0.3 is 17.0 Å². The summed E-state index contributed by atoms with van der Waals surface area (Å²) in [6, 6.07) is 0. The molecule has 0 saturated carbocycles. The van der Waals surface area contributed by atoms with E-state index in [1.54, 1.807) is 0 Å². The Kier molecular flexibility index (Phi) is 38.1. The summed E-state index contributed by atoms with van der Waals surface area (Å²) >= 11 is 0. The molecular weight excluding hydrogens is 92.1 g/mol. The molecule has 0 atom stereocenters. The van der Waals surface area contributed by atoms with Crippen molar-refractivity contribution in [2.75, 3.05) is 13.2 Å². The van der Waals surface area contributed by atoms with Crippen molar-refractivity contribution in [3.8, 4) is 0 Å². The van der Waals surface area contributed by atoms with Crippen LogP contribution in [0.25, 0.3) is 0 Å². The monoisotopic (exact) mass is 108 g/mol. The number of hydrogen-bond acceptors (Lipinski definition) is 3. The van der Waals surface area contributed by atoms with Crippen LogP contribution in [0.1, 0.15) is 13.8 Å². The molecule has 0 aliphatic rings. The van der Waals surface area contributed by atoms with Gasteiger partial charge in [-0.25, -0.2) is 0 Å². The molecule has 6 N–H and O–H groups in total. The summed E-state index contributed by atoms with van der Waals surface area (Å²) in [4.78, 5) is 0. The van der Waals surface area contributed by atoms with E-state index >= 15 is 0 Å². The van der Waals surface area contributed by atoms with Crippen molar-refractivity contribution in [2.24, 2.45) is 0 Å². The zero-order chi connectivity index (χ0) is 4.12. The van der Waals surface area contributed by atoms with Gasteiger partial charge in [0.05, 0.1) is 0 Å². The first kappa shape index (κ1) is 15.8. The molecular formula is C4H16N2O. The predicted molar refractivity (Wildman–Crippen MR) is 32.2 cm³/mol. The molecule has 0 saturated heterocycles. The quantitative estimate of drug-likeness (QED) is 0.560. The second-order valence-electron chi connectivity index (χ2n) is 0.781. The van der Waals surface area contributed by atoms with Gasteiger partial charge in [-0.1, -0.05) is 0 Å². The van der Waals surface area contributed by atoms with E-state index in [1.165, 1.54) is 0 Å². The molecule has 0 radical (unpaired) electrons. The van der Waals surface area contributed by atoms with Gasteiger partial charge in [0.2, 0.25) is 0 Å². The van der Waals surface area contributed by atoms with Crippen molar-refractivity contribution < 1.29 is 4.74 Å². The highest BCUT2D eigenvalue weighted by molar-refractivity contribution is 4.07. The van der Waals surface area contributed by atoms with Gasteiger partial charge in [-0.3, -0.25) is 0 Å². The molecule has 7 heavy (non-hydrogen) atoms. The highest BCUT2D eigenvalue weighted by Gasteiger charge is 1.64. The molecule has 0 bridgehead atoms. The average molecular weight is 108 g/mol. The summed E-state index contributed by atoms with van der Waals surface area (Å²) in [6.45, 7) is 5.67. The Labute approximate surface area is 45.2 Å². The third-order valence-electron chi connectivity index (χ3n) is 0.408. The zero-order valence-corrected chi connectivity index (χ0v) is 5.24. The van der Waals surface area contributed by atoms with Gasteiger partial charge in [0.1, 0.15) is 0 Å². The maximum atomic E-state index is 4.83. The molecule has 0 fully saturated rings. The standard InChI is InChI=1S/C4H10O.2H3N/c1-3-5-4-2;;/h3-4H2,1-2H3;2*1H3. The minimum atomic E-state index is 0. The van der Waals surface area contributed by atoms with Crippen LogP contribution in [-0.4, -0.2) is 13.2 Å². The van der Waals surface area contributed by atoms with Gasteiger partial charge in [0.25, 0.3) is 0 Å². The van der Waals surface area contributed by atoms with Crippen molar-refractivity contribution in [1.29, 1.82) is 0 Å². The van der Waals surface area contributed by atoms with Crippen molar-refractivity contribution in [2.45, 2.75) is 13.8 Å². The first-order valence-electron chi connectivity index (χ1n) is 1.99. The molecule has 0 aromatic heterocycles. The van der Waals surface area contributed by atoms with Crippen molar-refractivity contribution in [1.82, 2.24) is 12.3 Å². The average Bonchev–Trinajstić information content (AvgIpc) is 1.41. The molecule has 3 heteroatoms. The lowest BCUT2D eigenvalue weighted by Crippen LogP contribution is -1.84. The molecule has 48 valence electrons. The van der Waals surface area contributed by atoms with Crippen LogP contribution in [0.2, 0.25) is 0 Å². The van der Waals surface area contributed by atoms with Crippen LogP contribution in [-0.2, 0) is 4.74 Å². The van der Waals surface area contributed by atoms with Crippen LogP contribution in [0, 0.1) is 0 Å². The van der Waals surface area contributed by atoms with Gasteiger partial charge in [0, 0.05) is 13.2 Å². The van der Waals surface area contributed by atoms with Crippen LogP contribution in [0.3, 0.4) is 0 Å². The zero-order valence-electron chi connectivity index (χ0n) is 5.24. The molecule has 0 aliphatic heterocycles. The minimum absolute atomic E-state index is 0. The second-order valence-corrected chi connectivity index (χ2v) is 0.781. The molecule has 3 nitrogen and oxygen atoms in total. The Morgan fingerprint density at radius 1 is 1.00 bits per heavy atom. The van der Waals surface area contributed by atoms with Crippen molar-refractivity contribution in [3.05, 3.63) is 0 Å². The summed E-state index contributed by atoms with van der Waals surface area (Å²) in [7, 11) is 0. The van der Waals surface area contributed by atoms with Crippen LogP contribution in [0.5, 0.6) is 0 Å². The largest absolute Gasteiger partial charge is 0.382 e. The lowest BCUT2D eigenvalue weighted by Gasteiger charge is -1.86. The maximum Gasteiger partial charge on any atom is 0.0437 e. The van der Waals surface area contributed by atoms with E-state index in [0.717, 1.165) is 13.2 Å². The first-order chi connectivity index (χ1) is 2.41. The summed E-state index contributed by atoms with van der Waals surface area (Å²) in [6.07, 6.45) is 0. The maximum absolute atomic E-state index is 4.83. The first-order valence-corrected chi connectivity index (χ1v) is 1.99. The third kappa shape index (κ3) is 25.0. The summed E-state index contributed by atoms with van der Waals surface area (Å²) < 4.78 is 4.83. The van der Waals surface area contributed by atoms with Crippen LogP contribution >= 0.6 is 0 Å². The Morgan fingerprint density at radius 3 is 1.29 bits per heavy atom. The smallest absolute Gasteiger partial charge is 0.0437 e. The number of ether oxygens (including phenoxy) is 1. The normalized spacial score (nSPS) is 6.00. The fourth-order valence-corrected chi connectivity index (χ4v) is 0.204. The van der Waals surface area contributed by atoms with E-state index < -0.39 is 0 Å². The fraction of sp³-hybridized carbons (Fsp3) is 1.00. The van der Waals surface area contributed by atoms with E-state index in [-0.39, 0.29) is 12.3 Å². The van der Waals surface area contributed by atoms with E-state index in [9.17, 15) is 0 Å². The molecule has 0 rings (SSSR count). The van der Waals surface area contributed by atoms with Gasteiger partial charge in [-0.2, -0.15) is 0 Å². The Morgan fingerprint density at radius 2 is 1.29 bits per heavy atom. The SMILES string of the molecule is CCOCC.N.N. The van der Waals surface area contributed by atoms with Gasteiger partial charge in [-0.05, 0) is 13.8 Å². The molecule has 0 aromatic carbocycles. The summed E-state index contributed by atoms with van der Waals surface area (Å²) in [5, 5.41) is 0. The van der Waals surface area contributed by atoms with E-state index in [2.05, 4.69) is 0 Å². The van der Waals surface area contributed by atoms with Crippen LogP contribution < -0.4 is 12.3 Å². The van der Waals surface area contributed by atoms with E-state index in [0.29, 0.717) is 0 Å². The van der Waals surface area contributed by atoms with Gasteiger partial charge in [0.15, 0.2) is 0 Å². The topological polar surface area (TPSA) is 79.2 Å². The third-order valence-corrected chi connectivity index (χ3v) is 0.408. The molecule has 0 unspecified atom stereocenters. The fourth-order valence-electron chi connectivity index (χ4n) is 0.204. The number of rotatable bonds is 2. The Bertz CT molecular complexity index is 17.2. The predicted octanol–water partition coefficient (Wildman–Crippen LogP) is 1.37. The molecule has 0 amide bonds.